The van der Waals surface area contributed by atoms with Crippen LogP contribution in [0.5, 0.6) is 0 Å². The Morgan fingerprint density at radius 1 is 1.40 bits per heavy atom. The molecule has 0 unspecified atom stereocenters. The van der Waals surface area contributed by atoms with Crippen molar-refractivity contribution in [1.29, 1.82) is 0 Å². The topological polar surface area (TPSA) is 62.3 Å². The van der Waals surface area contributed by atoms with E-state index in [1.54, 1.807) is 0 Å². The molecule has 1 N–H and O–H groups in total. The second-order valence-corrected chi connectivity index (χ2v) is 7.23. The van der Waals surface area contributed by atoms with Crippen LogP contribution in [-0.4, -0.2) is 44.5 Å². The van der Waals surface area contributed by atoms with Crippen LogP contribution in [0.1, 0.15) is 20.3 Å². The summed E-state index contributed by atoms with van der Waals surface area (Å²) in [7, 11) is -3.62. The van der Waals surface area contributed by atoms with Gasteiger partial charge in [-0.25, -0.2) is 18.1 Å². The molecule has 8 heteroatoms. The van der Waals surface area contributed by atoms with Gasteiger partial charge in [0.15, 0.2) is 0 Å². The highest BCUT2D eigenvalue weighted by atomic mass is 79.9. The molecule has 1 aromatic rings. The van der Waals surface area contributed by atoms with Gasteiger partial charge in [0.1, 0.15) is 10.0 Å². The molecule has 1 rings (SSSR count). The highest BCUT2D eigenvalue weighted by molar-refractivity contribution is 9.10. The summed E-state index contributed by atoms with van der Waals surface area (Å²) in [5, 5.41) is -0.0237. The first-order valence-corrected chi connectivity index (χ1v) is 9.09. The molecule has 0 saturated carbocycles. The molecule has 1 heterocycles. The Balaban J connectivity index is 2.60. The summed E-state index contributed by atoms with van der Waals surface area (Å²) in [5.74, 6) is 0. The normalized spacial score (nSPS) is 12.1. The number of aromatic nitrogens is 1. The Morgan fingerprint density at radius 2 is 2.05 bits per heavy atom. The molecular weight excluding hydrogens is 366 g/mol. The van der Waals surface area contributed by atoms with Crippen LogP contribution in [0.25, 0.3) is 0 Å². The van der Waals surface area contributed by atoms with Crippen molar-refractivity contribution < 1.29 is 8.42 Å². The van der Waals surface area contributed by atoms with Crippen molar-refractivity contribution in [3.05, 3.63) is 21.9 Å². The molecular formula is C12H19BrClN3O2S. The zero-order valence-corrected chi connectivity index (χ0v) is 14.7. The number of sulfonamides is 1. The van der Waals surface area contributed by atoms with E-state index < -0.39 is 10.0 Å². The maximum Gasteiger partial charge on any atom is 0.243 e. The number of pyridine rings is 1. The lowest BCUT2D eigenvalue weighted by Crippen LogP contribution is -2.30. The Hall–Kier alpha value is -0.210. The number of halogens is 2. The smallest absolute Gasteiger partial charge is 0.243 e. The van der Waals surface area contributed by atoms with E-state index in [4.69, 9.17) is 11.6 Å². The van der Waals surface area contributed by atoms with Crippen molar-refractivity contribution in [3.8, 4) is 0 Å². The molecule has 0 fully saturated rings. The summed E-state index contributed by atoms with van der Waals surface area (Å²) in [4.78, 5) is 6.05. The molecule has 5 nitrogen and oxygen atoms in total. The molecule has 114 valence electrons. The van der Waals surface area contributed by atoms with Crippen molar-refractivity contribution >= 4 is 37.6 Å². The predicted octanol–water partition coefficient (Wildman–Crippen LogP) is 2.51. The lowest BCUT2D eigenvalue weighted by atomic mass is 10.4. The maximum absolute atomic E-state index is 12.1. The number of nitrogens with one attached hydrogen (secondary N) is 1. The van der Waals surface area contributed by atoms with E-state index in [1.807, 2.05) is 0 Å². The second kappa shape index (κ2) is 8.29. The van der Waals surface area contributed by atoms with Gasteiger partial charge in [-0.15, -0.1) is 0 Å². The molecule has 20 heavy (non-hydrogen) atoms. The zero-order valence-electron chi connectivity index (χ0n) is 11.6. The Bertz CT molecular complexity index is 536. The summed E-state index contributed by atoms with van der Waals surface area (Å²) in [6, 6.07) is 1.45. The third-order valence-corrected chi connectivity index (χ3v) is 5.22. The summed E-state index contributed by atoms with van der Waals surface area (Å²) in [5.41, 5.74) is 0. The van der Waals surface area contributed by atoms with Crippen LogP contribution in [0.3, 0.4) is 0 Å². The van der Waals surface area contributed by atoms with Crippen LogP contribution in [0.2, 0.25) is 5.15 Å². The number of nitrogens with zero attached hydrogens (tertiary/aromatic N) is 2. The summed E-state index contributed by atoms with van der Waals surface area (Å²) >= 11 is 9.02. The standard InChI is InChI=1S/C12H19BrClN3O2S/c1-3-17(4-2)7-5-6-16-20(18,19)11-8-10(13)9-15-12(11)14/h8-9,16H,3-7H2,1-2H3. The average molecular weight is 385 g/mol. The first kappa shape index (κ1) is 17.8. The minimum Gasteiger partial charge on any atom is -0.304 e. The van der Waals surface area contributed by atoms with Gasteiger partial charge in [-0.2, -0.15) is 0 Å². The Morgan fingerprint density at radius 3 is 2.65 bits per heavy atom. The molecule has 1 aromatic heterocycles. The van der Waals surface area contributed by atoms with Gasteiger partial charge in [0.2, 0.25) is 10.0 Å². The lowest BCUT2D eigenvalue weighted by Gasteiger charge is -2.17. The van der Waals surface area contributed by atoms with Crippen LogP contribution < -0.4 is 4.72 Å². The molecule has 0 amide bonds. The van der Waals surface area contributed by atoms with Crippen molar-refractivity contribution in [2.75, 3.05) is 26.2 Å². The van der Waals surface area contributed by atoms with Crippen LogP contribution in [-0.2, 0) is 10.0 Å². The molecule has 0 aromatic carbocycles. The van der Waals surface area contributed by atoms with E-state index in [9.17, 15) is 8.42 Å². The van der Waals surface area contributed by atoms with Gasteiger partial charge in [-0.05, 0) is 48.1 Å². The minimum atomic E-state index is -3.62. The fraction of sp³-hybridized carbons (Fsp3) is 0.583. The highest BCUT2D eigenvalue weighted by Crippen LogP contribution is 2.22. The monoisotopic (exact) mass is 383 g/mol. The van der Waals surface area contributed by atoms with Gasteiger partial charge in [-0.3, -0.25) is 0 Å². The van der Waals surface area contributed by atoms with Gasteiger partial charge in [0, 0.05) is 17.2 Å². The van der Waals surface area contributed by atoms with Crippen LogP contribution in [0, 0.1) is 0 Å². The van der Waals surface area contributed by atoms with Crippen LogP contribution in [0.15, 0.2) is 21.6 Å². The molecule has 0 aliphatic carbocycles. The van der Waals surface area contributed by atoms with E-state index in [1.165, 1.54) is 12.3 Å². The van der Waals surface area contributed by atoms with Crippen LogP contribution >= 0.6 is 27.5 Å². The van der Waals surface area contributed by atoms with Gasteiger partial charge in [0.05, 0.1) is 0 Å². The first-order chi connectivity index (χ1) is 9.40. The van der Waals surface area contributed by atoms with Gasteiger partial charge < -0.3 is 4.90 Å². The van der Waals surface area contributed by atoms with Gasteiger partial charge >= 0.3 is 0 Å². The molecule has 0 spiro atoms. The Labute approximate surface area is 133 Å². The molecule has 0 aliphatic rings. The van der Waals surface area contributed by atoms with Gasteiger partial charge in [-0.1, -0.05) is 25.4 Å². The Kier molecular flexibility index (Phi) is 7.39. The maximum atomic E-state index is 12.1. The van der Waals surface area contributed by atoms with Crippen molar-refractivity contribution in [3.63, 3.8) is 0 Å². The SMILES string of the molecule is CCN(CC)CCCNS(=O)(=O)c1cc(Br)cnc1Cl. The number of rotatable bonds is 8. The number of hydrogen-bond acceptors (Lipinski definition) is 4. The predicted molar refractivity (Wildman–Crippen MR) is 84.5 cm³/mol. The molecule has 0 radical (unpaired) electrons. The fourth-order valence-electron chi connectivity index (χ4n) is 1.72. The van der Waals surface area contributed by atoms with Crippen molar-refractivity contribution in [2.45, 2.75) is 25.2 Å². The third-order valence-electron chi connectivity index (χ3n) is 2.90. The third kappa shape index (κ3) is 5.29. The second-order valence-electron chi connectivity index (χ2n) is 4.22. The van der Waals surface area contributed by atoms with Gasteiger partial charge in [0.25, 0.3) is 0 Å². The summed E-state index contributed by atoms with van der Waals surface area (Å²) in [6.45, 7) is 7.33. The average Bonchev–Trinajstić information content (AvgIpc) is 2.41. The van der Waals surface area contributed by atoms with E-state index in [2.05, 4.69) is 44.4 Å². The summed E-state index contributed by atoms with van der Waals surface area (Å²) < 4.78 is 27.4. The van der Waals surface area contributed by atoms with E-state index in [0.717, 1.165) is 26.1 Å². The molecule has 0 aliphatic heterocycles. The molecule has 0 atom stereocenters. The highest BCUT2D eigenvalue weighted by Gasteiger charge is 2.18. The van der Waals surface area contributed by atoms with Crippen LogP contribution in [0.4, 0.5) is 0 Å². The minimum absolute atomic E-state index is 0.00335. The fourth-order valence-corrected chi connectivity index (χ4v) is 3.74. The van der Waals surface area contributed by atoms with E-state index in [-0.39, 0.29) is 10.0 Å². The van der Waals surface area contributed by atoms with E-state index in [0.29, 0.717) is 11.0 Å². The quantitative estimate of drug-likeness (QED) is 0.552. The first-order valence-electron chi connectivity index (χ1n) is 6.43. The lowest BCUT2D eigenvalue weighted by molar-refractivity contribution is 0.300. The molecule has 0 bridgehead atoms. The molecule has 0 saturated heterocycles. The van der Waals surface area contributed by atoms with E-state index >= 15 is 0 Å². The summed E-state index contributed by atoms with van der Waals surface area (Å²) in [6.07, 6.45) is 2.21. The zero-order chi connectivity index (χ0) is 15.2. The van der Waals surface area contributed by atoms with Crippen molar-refractivity contribution in [2.24, 2.45) is 0 Å². The number of hydrogen-bond donors (Lipinski definition) is 1. The van der Waals surface area contributed by atoms with Crippen molar-refractivity contribution in [1.82, 2.24) is 14.6 Å². The largest absolute Gasteiger partial charge is 0.304 e.